The van der Waals surface area contributed by atoms with Crippen molar-refractivity contribution in [1.29, 1.82) is 0 Å². The van der Waals surface area contributed by atoms with Crippen LogP contribution in [-0.2, 0) is 0 Å². The molecule has 3 nitrogen and oxygen atoms in total. The van der Waals surface area contributed by atoms with Crippen molar-refractivity contribution in [2.24, 2.45) is 5.73 Å². The van der Waals surface area contributed by atoms with E-state index in [2.05, 4.69) is 9.97 Å². The van der Waals surface area contributed by atoms with E-state index in [1.807, 2.05) is 49.6 Å². The fourth-order valence-corrected chi connectivity index (χ4v) is 1.49. The molecule has 3 heteroatoms. The third-order valence-corrected chi connectivity index (χ3v) is 2.55. The average Bonchev–Trinajstić information content (AvgIpc) is 2.39. The molecule has 1 aromatic heterocycles. The summed E-state index contributed by atoms with van der Waals surface area (Å²) >= 11 is 0. The van der Waals surface area contributed by atoms with Gasteiger partial charge in [-0.2, -0.15) is 0 Å². The van der Waals surface area contributed by atoms with Gasteiger partial charge in [-0.25, -0.2) is 9.97 Å². The summed E-state index contributed by atoms with van der Waals surface area (Å²) in [7, 11) is 0. The molecular formula is C13H15N3. The molecule has 0 radical (unpaired) electrons. The van der Waals surface area contributed by atoms with E-state index in [1.54, 1.807) is 0 Å². The van der Waals surface area contributed by atoms with E-state index in [1.165, 1.54) is 0 Å². The normalized spacial score (nSPS) is 12.4. The van der Waals surface area contributed by atoms with Gasteiger partial charge in [0, 0.05) is 18.0 Å². The van der Waals surface area contributed by atoms with Gasteiger partial charge in [-0.1, -0.05) is 37.3 Å². The topological polar surface area (TPSA) is 51.8 Å². The average molecular weight is 213 g/mol. The summed E-state index contributed by atoms with van der Waals surface area (Å²) in [5.74, 6) is 0.710. The Morgan fingerprint density at radius 3 is 2.25 bits per heavy atom. The number of benzene rings is 1. The molecule has 1 aromatic carbocycles. The molecule has 0 aliphatic rings. The zero-order chi connectivity index (χ0) is 11.4. The quantitative estimate of drug-likeness (QED) is 0.852. The van der Waals surface area contributed by atoms with Crippen molar-refractivity contribution in [2.45, 2.75) is 19.4 Å². The molecule has 16 heavy (non-hydrogen) atoms. The van der Waals surface area contributed by atoms with Crippen LogP contribution in [-0.4, -0.2) is 9.97 Å². The van der Waals surface area contributed by atoms with E-state index in [9.17, 15) is 0 Å². The van der Waals surface area contributed by atoms with E-state index in [-0.39, 0.29) is 6.04 Å². The van der Waals surface area contributed by atoms with Gasteiger partial charge < -0.3 is 5.73 Å². The van der Waals surface area contributed by atoms with Gasteiger partial charge in [-0.15, -0.1) is 0 Å². The summed E-state index contributed by atoms with van der Waals surface area (Å²) in [6.45, 7) is 2.03. The van der Waals surface area contributed by atoms with Crippen molar-refractivity contribution in [3.05, 3.63) is 48.5 Å². The molecule has 0 fully saturated rings. The van der Waals surface area contributed by atoms with Gasteiger partial charge in [-0.3, -0.25) is 0 Å². The summed E-state index contributed by atoms with van der Waals surface area (Å²) in [6.07, 6.45) is 4.51. The fraction of sp³-hybridized carbons (Fsp3) is 0.231. The first-order chi connectivity index (χ1) is 7.81. The van der Waals surface area contributed by atoms with Gasteiger partial charge in [0.2, 0.25) is 0 Å². The van der Waals surface area contributed by atoms with Crippen molar-refractivity contribution in [3.8, 4) is 11.1 Å². The number of hydrogen-bond donors (Lipinski definition) is 1. The lowest BCUT2D eigenvalue weighted by molar-refractivity contribution is 0.649. The lowest BCUT2D eigenvalue weighted by Gasteiger charge is -2.07. The minimum absolute atomic E-state index is 0.0650. The Hall–Kier alpha value is -1.74. The van der Waals surface area contributed by atoms with Crippen LogP contribution in [0.2, 0.25) is 0 Å². The molecule has 0 saturated carbocycles. The third-order valence-electron chi connectivity index (χ3n) is 2.55. The Bertz CT molecular complexity index is 436. The second-order valence-corrected chi connectivity index (χ2v) is 3.71. The summed E-state index contributed by atoms with van der Waals surface area (Å²) in [5, 5.41) is 0. The number of nitrogens with zero attached hydrogens (tertiary/aromatic N) is 2. The minimum Gasteiger partial charge on any atom is -0.321 e. The van der Waals surface area contributed by atoms with E-state index in [0.29, 0.717) is 5.82 Å². The summed E-state index contributed by atoms with van der Waals surface area (Å²) in [4.78, 5) is 8.58. The third kappa shape index (κ3) is 2.25. The Morgan fingerprint density at radius 2 is 1.69 bits per heavy atom. The second-order valence-electron chi connectivity index (χ2n) is 3.71. The lowest BCUT2D eigenvalue weighted by Crippen LogP contribution is -2.12. The summed E-state index contributed by atoms with van der Waals surface area (Å²) < 4.78 is 0. The highest BCUT2D eigenvalue weighted by atomic mass is 14.9. The first kappa shape index (κ1) is 10.8. The molecule has 0 aliphatic carbocycles. The van der Waals surface area contributed by atoms with Gasteiger partial charge in [0.25, 0.3) is 0 Å². The molecule has 1 atom stereocenters. The maximum Gasteiger partial charge on any atom is 0.144 e. The second kappa shape index (κ2) is 4.86. The van der Waals surface area contributed by atoms with Crippen molar-refractivity contribution < 1.29 is 0 Å². The van der Waals surface area contributed by atoms with Crippen molar-refractivity contribution in [1.82, 2.24) is 9.97 Å². The smallest absolute Gasteiger partial charge is 0.144 e. The molecule has 82 valence electrons. The Kier molecular flexibility index (Phi) is 3.27. The molecule has 0 aliphatic heterocycles. The first-order valence-electron chi connectivity index (χ1n) is 5.44. The van der Waals surface area contributed by atoms with Crippen LogP contribution in [0.25, 0.3) is 11.1 Å². The maximum atomic E-state index is 5.86. The van der Waals surface area contributed by atoms with Crippen LogP contribution in [0.4, 0.5) is 0 Å². The van der Waals surface area contributed by atoms with Crippen LogP contribution < -0.4 is 5.73 Å². The first-order valence-corrected chi connectivity index (χ1v) is 5.44. The molecule has 1 unspecified atom stereocenters. The Labute approximate surface area is 95.4 Å². The van der Waals surface area contributed by atoms with Gasteiger partial charge in [0.05, 0.1) is 6.04 Å². The maximum absolute atomic E-state index is 5.86. The van der Waals surface area contributed by atoms with Gasteiger partial charge >= 0.3 is 0 Å². The zero-order valence-corrected chi connectivity index (χ0v) is 9.30. The van der Waals surface area contributed by atoms with Gasteiger partial charge in [0.1, 0.15) is 5.82 Å². The fourth-order valence-electron chi connectivity index (χ4n) is 1.49. The molecule has 2 aromatic rings. The van der Waals surface area contributed by atoms with Crippen molar-refractivity contribution in [2.75, 3.05) is 0 Å². The van der Waals surface area contributed by atoms with Gasteiger partial charge in [-0.05, 0) is 12.0 Å². The standard InChI is InChI=1S/C13H15N3/c1-2-12(14)13-15-8-11(9-16-13)10-6-4-3-5-7-10/h3-9,12H,2,14H2,1H3. The van der Waals surface area contributed by atoms with E-state index in [0.717, 1.165) is 17.5 Å². The van der Waals surface area contributed by atoms with E-state index >= 15 is 0 Å². The molecule has 2 rings (SSSR count). The van der Waals surface area contributed by atoms with Gasteiger partial charge in [0.15, 0.2) is 0 Å². The lowest BCUT2D eigenvalue weighted by atomic mass is 10.1. The monoisotopic (exact) mass is 213 g/mol. The highest BCUT2D eigenvalue weighted by Gasteiger charge is 2.06. The van der Waals surface area contributed by atoms with E-state index < -0.39 is 0 Å². The van der Waals surface area contributed by atoms with Crippen molar-refractivity contribution in [3.63, 3.8) is 0 Å². The summed E-state index contributed by atoms with van der Waals surface area (Å²) in [6, 6.07) is 10.0. The molecule has 2 N–H and O–H groups in total. The van der Waals surface area contributed by atoms with Crippen LogP contribution in [0, 0.1) is 0 Å². The van der Waals surface area contributed by atoms with E-state index in [4.69, 9.17) is 5.73 Å². The van der Waals surface area contributed by atoms with Crippen LogP contribution in [0.15, 0.2) is 42.7 Å². The summed E-state index contributed by atoms with van der Waals surface area (Å²) in [5.41, 5.74) is 8.00. The highest BCUT2D eigenvalue weighted by Crippen LogP contribution is 2.17. The number of aromatic nitrogens is 2. The number of rotatable bonds is 3. The minimum atomic E-state index is -0.0650. The van der Waals surface area contributed by atoms with Crippen LogP contribution in [0.3, 0.4) is 0 Å². The predicted octanol–water partition coefficient (Wildman–Crippen LogP) is 2.55. The molecule has 0 bridgehead atoms. The van der Waals surface area contributed by atoms with Crippen LogP contribution >= 0.6 is 0 Å². The molecule has 0 saturated heterocycles. The van der Waals surface area contributed by atoms with Crippen LogP contribution in [0.1, 0.15) is 25.2 Å². The zero-order valence-electron chi connectivity index (χ0n) is 9.30. The number of nitrogens with two attached hydrogens (primary N) is 1. The predicted molar refractivity (Wildman–Crippen MR) is 64.7 cm³/mol. The SMILES string of the molecule is CCC(N)c1ncc(-c2ccccc2)cn1. The molecule has 0 spiro atoms. The molecule has 0 amide bonds. The number of hydrogen-bond acceptors (Lipinski definition) is 3. The van der Waals surface area contributed by atoms with Crippen LogP contribution in [0.5, 0.6) is 0 Å². The Balaban J connectivity index is 2.26. The Morgan fingerprint density at radius 1 is 1.06 bits per heavy atom. The molecule has 1 heterocycles. The molecular weight excluding hydrogens is 198 g/mol. The largest absolute Gasteiger partial charge is 0.321 e. The van der Waals surface area contributed by atoms with Crippen molar-refractivity contribution >= 4 is 0 Å². The highest BCUT2D eigenvalue weighted by molar-refractivity contribution is 5.60.